The monoisotopic (exact) mass is 366 g/mol. The molecule has 2 aromatic carbocycles. The summed E-state index contributed by atoms with van der Waals surface area (Å²) < 4.78 is 5.29. The SMILES string of the molecule is COc1ccc(C(CN=C(N)Nc2ccc(C)c(C)c2)N2CCCC2)cc1. The van der Waals surface area contributed by atoms with Crippen LogP contribution < -0.4 is 15.8 Å². The van der Waals surface area contributed by atoms with E-state index in [1.807, 2.05) is 18.2 Å². The van der Waals surface area contributed by atoms with Gasteiger partial charge in [-0.15, -0.1) is 0 Å². The van der Waals surface area contributed by atoms with Crippen LogP contribution in [0.25, 0.3) is 0 Å². The Morgan fingerprint density at radius 1 is 1.11 bits per heavy atom. The van der Waals surface area contributed by atoms with Crippen LogP contribution in [-0.4, -0.2) is 37.6 Å². The first kappa shape index (κ1) is 19.2. The molecule has 0 aromatic heterocycles. The van der Waals surface area contributed by atoms with E-state index in [-0.39, 0.29) is 6.04 Å². The first-order valence-corrected chi connectivity index (χ1v) is 9.59. The van der Waals surface area contributed by atoms with E-state index >= 15 is 0 Å². The van der Waals surface area contributed by atoms with Crippen molar-refractivity contribution in [1.82, 2.24) is 4.90 Å². The second-order valence-corrected chi connectivity index (χ2v) is 7.18. The molecule has 3 rings (SSSR count). The quantitative estimate of drug-likeness (QED) is 0.602. The van der Waals surface area contributed by atoms with Gasteiger partial charge in [-0.3, -0.25) is 9.89 Å². The Bertz CT molecular complexity index is 779. The van der Waals surface area contributed by atoms with Crippen LogP contribution >= 0.6 is 0 Å². The minimum absolute atomic E-state index is 0.235. The summed E-state index contributed by atoms with van der Waals surface area (Å²) in [4.78, 5) is 7.14. The molecule has 0 bridgehead atoms. The summed E-state index contributed by atoms with van der Waals surface area (Å²) >= 11 is 0. The molecule has 1 atom stereocenters. The number of benzene rings is 2. The van der Waals surface area contributed by atoms with E-state index in [2.05, 4.69) is 53.3 Å². The molecule has 0 radical (unpaired) electrons. The van der Waals surface area contributed by atoms with Crippen LogP contribution in [0.1, 0.15) is 35.6 Å². The smallest absolute Gasteiger partial charge is 0.193 e. The number of nitrogens with zero attached hydrogens (tertiary/aromatic N) is 2. The fourth-order valence-electron chi connectivity index (χ4n) is 3.50. The summed E-state index contributed by atoms with van der Waals surface area (Å²) in [5.41, 5.74) is 10.9. The maximum absolute atomic E-state index is 6.16. The van der Waals surface area contributed by atoms with Gasteiger partial charge in [0.2, 0.25) is 0 Å². The molecule has 0 saturated carbocycles. The average Bonchev–Trinajstić information content (AvgIpc) is 3.20. The molecule has 5 heteroatoms. The van der Waals surface area contributed by atoms with Crippen LogP contribution in [0.15, 0.2) is 47.5 Å². The topological polar surface area (TPSA) is 62.9 Å². The number of guanidine groups is 1. The Balaban J connectivity index is 1.72. The molecular formula is C22H30N4O. The van der Waals surface area contributed by atoms with Crippen molar-refractivity contribution in [3.63, 3.8) is 0 Å². The van der Waals surface area contributed by atoms with Gasteiger partial charge in [0.15, 0.2) is 5.96 Å². The van der Waals surface area contributed by atoms with Crippen molar-refractivity contribution in [3.8, 4) is 5.75 Å². The zero-order valence-corrected chi connectivity index (χ0v) is 16.5. The highest BCUT2D eigenvalue weighted by atomic mass is 16.5. The third-order valence-electron chi connectivity index (χ3n) is 5.30. The molecule has 0 aliphatic carbocycles. The van der Waals surface area contributed by atoms with Gasteiger partial charge in [0.1, 0.15) is 5.75 Å². The Kier molecular flexibility index (Phi) is 6.35. The van der Waals surface area contributed by atoms with Gasteiger partial charge in [-0.25, -0.2) is 0 Å². The number of likely N-dealkylation sites (tertiary alicyclic amines) is 1. The molecule has 1 unspecified atom stereocenters. The molecule has 1 saturated heterocycles. The number of aryl methyl sites for hydroxylation is 2. The largest absolute Gasteiger partial charge is 0.497 e. The number of hydrogen-bond acceptors (Lipinski definition) is 3. The van der Waals surface area contributed by atoms with E-state index in [4.69, 9.17) is 10.5 Å². The van der Waals surface area contributed by atoms with Gasteiger partial charge in [-0.1, -0.05) is 18.2 Å². The zero-order chi connectivity index (χ0) is 19.2. The van der Waals surface area contributed by atoms with E-state index in [0.29, 0.717) is 12.5 Å². The second-order valence-electron chi connectivity index (χ2n) is 7.18. The van der Waals surface area contributed by atoms with Crippen molar-refractivity contribution in [2.75, 3.05) is 32.1 Å². The first-order chi connectivity index (χ1) is 13.1. The van der Waals surface area contributed by atoms with Gasteiger partial charge in [0, 0.05) is 5.69 Å². The molecule has 0 spiro atoms. The van der Waals surface area contributed by atoms with Crippen LogP contribution in [0, 0.1) is 13.8 Å². The van der Waals surface area contributed by atoms with Crippen LogP contribution in [0.5, 0.6) is 5.75 Å². The molecule has 144 valence electrons. The van der Waals surface area contributed by atoms with Crippen LogP contribution in [0.3, 0.4) is 0 Å². The van der Waals surface area contributed by atoms with Crippen LogP contribution in [0.2, 0.25) is 0 Å². The Hall–Kier alpha value is -2.53. The maximum atomic E-state index is 6.16. The lowest BCUT2D eigenvalue weighted by Crippen LogP contribution is -2.30. The van der Waals surface area contributed by atoms with Gasteiger partial charge in [-0.05, 0) is 80.7 Å². The van der Waals surface area contributed by atoms with Gasteiger partial charge >= 0.3 is 0 Å². The van der Waals surface area contributed by atoms with Crippen molar-refractivity contribution in [3.05, 3.63) is 59.2 Å². The lowest BCUT2D eigenvalue weighted by atomic mass is 10.1. The fourth-order valence-corrected chi connectivity index (χ4v) is 3.50. The van der Waals surface area contributed by atoms with Gasteiger partial charge in [0.05, 0.1) is 19.7 Å². The van der Waals surface area contributed by atoms with E-state index in [9.17, 15) is 0 Å². The van der Waals surface area contributed by atoms with Gasteiger partial charge < -0.3 is 15.8 Å². The number of nitrogens with two attached hydrogens (primary N) is 1. The summed E-state index contributed by atoms with van der Waals surface area (Å²) in [6, 6.07) is 14.7. The second kappa shape index (κ2) is 8.91. The minimum Gasteiger partial charge on any atom is -0.497 e. The van der Waals surface area contributed by atoms with Crippen molar-refractivity contribution in [2.45, 2.75) is 32.7 Å². The summed E-state index contributed by atoms with van der Waals surface area (Å²) in [6.07, 6.45) is 2.49. The highest BCUT2D eigenvalue weighted by Gasteiger charge is 2.23. The molecule has 3 N–H and O–H groups in total. The van der Waals surface area contributed by atoms with Crippen molar-refractivity contribution in [2.24, 2.45) is 10.7 Å². The number of hydrogen-bond donors (Lipinski definition) is 2. The Labute approximate surface area is 162 Å². The Morgan fingerprint density at radius 3 is 2.44 bits per heavy atom. The fraction of sp³-hybridized carbons (Fsp3) is 0.409. The van der Waals surface area contributed by atoms with Gasteiger partial charge in [0.25, 0.3) is 0 Å². The molecule has 27 heavy (non-hydrogen) atoms. The molecule has 1 aliphatic heterocycles. The third-order valence-corrected chi connectivity index (χ3v) is 5.30. The molecule has 1 heterocycles. The van der Waals surface area contributed by atoms with E-state index in [0.717, 1.165) is 24.5 Å². The van der Waals surface area contributed by atoms with E-state index < -0.39 is 0 Å². The lowest BCUT2D eigenvalue weighted by Gasteiger charge is -2.27. The first-order valence-electron chi connectivity index (χ1n) is 9.59. The molecular weight excluding hydrogens is 336 g/mol. The van der Waals surface area contributed by atoms with Gasteiger partial charge in [-0.2, -0.15) is 0 Å². The molecule has 1 fully saturated rings. The van der Waals surface area contributed by atoms with Crippen molar-refractivity contribution >= 4 is 11.6 Å². The standard InChI is InChI=1S/C22H30N4O/c1-16-6-9-19(14-17(16)2)25-22(23)24-15-21(26-12-4-5-13-26)18-7-10-20(27-3)11-8-18/h6-11,14,21H,4-5,12-13,15H2,1-3H3,(H3,23,24,25). The summed E-state index contributed by atoms with van der Waals surface area (Å²) in [7, 11) is 1.69. The highest BCUT2D eigenvalue weighted by molar-refractivity contribution is 5.92. The number of aliphatic imine (C=N–C) groups is 1. The molecule has 2 aromatic rings. The van der Waals surface area contributed by atoms with E-state index in [1.54, 1.807) is 7.11 Å². The summed E-state index contributed by atoms with van der Waals surface area (Å²) in [5, 5.41) is 3.21. The number of anilines is 1. The normalized spacial score (nSPS) is 16.3. The van der Waals surface area contributed by atoms with Crippen LogP contribution in [0.4, 0.5) is 5.69 Å². The third kappa shape index (κ3) is 5.01. The molecule has 5 nitrogen and oxygen atoms in total. The number of rotatable bonds is 6. The minimum atomic E-state index is 0.235. The van der Waals surface area contributed by atoms with Crippen LogP contribution in [-0.2, 0) is 0 Å². The van der Waals surface area contributed by atoms with Crippen molar-refractivity contribution in [1.29, 1.82) is 0 Å². The number of ether oxygens (including phenoxy) is 1. The zero-order valence-electron chi connectivity index (χ0n) is 16.5. The average molecular weight is 367 g/mol. The summed E-state index contributed by atoms with van der Waals surface area (Å²) in [5.74, 6) is 1.33. The predicted octanol–water partition coefficient (Wildman–Crippen LogP) is 3.88. The van der Waals surface area contributed by atoms with Crippen molar-refractivity contribution < 1.29 is 4.74 Å². The number of methoxy groups -OCH3 is 1. The number of nitrogens with one attached hydrogen (secondary N) is 1. The summed E-state index contributed by atoms with van der Waals surface area (Å²) in [6.45, 7) is 7.05. The molecule has 1 aliphatic rings. The lowest BCUT2D eigenvalue weighted by molar-refractivity contribution is 0.251. The highest BCUT2D eigenvalue weighted by Crippen LogP contribution is 2.27. The predicted molar refractivity (Wildman–Crippen MR) is 113 cm³/mol. The molecule has 0 amide bonds. The Morgan fingerprint density at radius 2 is 1.81 bits per heavy atom. The maximum Gasteiger partial charge on any atom is 0.193 e. The van der Waals surface area contributed by atoms with E-state index in [1.165, 1.54) is 29.5 Å².